The van der Waals surface area contributed by atoms with Gasteiger partial charge in [-0.3, -0.25) is 14.2 Å². The van der Waals surface area contributed by atoms with Crippen LogP contribution in [0.1, 0.15) is 36.2 Å². The van der Waals surface area contributed by atoms with E-state index in [9.17, 15) is 14.0 Å². The lowest BCUT2D eigenvalue weighted by molar-refractivity contribution is -0.113. The van der Waals surface area contributed by atoms with E-state index in [4.69, 9.17) is 0 Å². The fourth-order valence-electron chi connectivity index (χ4n) is 3.01. The average Bonchev–Trinajstić information content (AvgIpc) is 3.46. The lowest BCUT2D eigenvalue weighted by atomic mass is 10.1. The van der Waals surface area contributed by atoms with E-state index < -0.39 is 0 Å². The number of nitrogens with one attached hydrogen (secondary N) is 1. The molecule has 29 heavy (non-hydrogen) atoms. The van der Waals surface area contributed by atoms with E-state index >= 15 is 0 Å². The summed E-state index contributed by atoms with van der Waals surface area (Å²) in [6.07, 6.45) is 1.97. The summed E-state index contributed by atoms with van der Waals surface area (Å²) < 4.78 is 16.1. The van der Waals surface area contributed by atoms with Crippen molar-refractivity contribution in [1.82, 2.24) is 14.8 Å². The lowest BCUT2D eigenvalue weighted by Crippen LogP contribution is -2.15. The molecule has 4 rings (SSSR count). The quantitative estimate of drug-likeness (QED) is 0.463. The molecule has 1 aliphatic rings. The predicted molar refractivity (Wildman–Crippen MR) is 109 cm³/mol. The number of halogens is 1. The predicted octanol–water partition coefficient (Wildman–Crippen LogP) is 4.35. The lowest BCUT2D eigenvalue weighted by Gasteiger charge is -2.10. The molecule has 0 saturated heterocycles. The minimum absolute atomic E-state index is 0.0614. The number of hydrogen-bond donors (Lipinski definition) is 1. The minimum Gasteiger partial charge on any atom is -0.325 e. The number of ketones is 1. The fourth-order valence-corrected chi connectivity index (χ4v) is 3.81. The molecule has 3 aromatic rings. The summed E-state index contributed by atoms with van der Waals surface area (Å²) in [5, 5.41) is 11.8. The second kappa shape index (κ2) is 8.16. The number of hydrogen-bond acceptors (Lipinski definition) is 5. The number of benzene rings is 2. The van der Waals surface area contributed by atoms with E-state index in [1.165, 1.54) is 24.8 Å². The molecular weight excluding hydrogens is 391 g/mol. The smallest absolute Gasteiger partial charge is 0.234 e. The Hall–Kier alpha value is -3.00. The third-order valence-corrected chi connectivity index (χ3v) is 5.52. The Morgan fingerprint density at radius 2 is 1.97 bits per heavy atom. The number of thioether (sulfide) groups is 1. The molecule has 1 amide bonds. The van der Waals surface area contributed by atoms with Gasteiger partial charge in [-0.2, -0.15) is 0 Å². The molecular formula is C21H19FN4O2S. The maximum atomic E-state index is 14.2. The Labute approximate surface area is 171 Å². The molecule has 1 heterocycles. The molecule has 0 atom stereocenters. The monoisotopic (exact) mass is 410 g/mol. The summed E-state index contributed by atoms with van der Waals surface area (Å²) in [4.78, 5) is 23.8. The number of amides is 1. The van der Waals surface area contributed by atoms with Crippen LogP contribution in [0.4, 0.5) is 10.1 Å². The zero-order valence-electron chi connectivity index (χ0n) is 15.8. The van der Waals surface area contributed by atoms with Gasteiger partial charge in [0.1, 0.15) is 5.82 Å². The van der Waals surface area contributed by atoms with E-state index in [0.29, 0.717) is 27.8 Å². The molecule has 2 aromatic carbocycles. The SMILES string of the molecule is CC(=O)c1cccc(NC(=O)CSc2nnc(-c3ccccc3F)n2C2CC2)c1. The van der Waals surface area contributed by atoms with Gasteiger partial charge in [0.25, 0.3) is 0 Å². The molecule has 1 N–H and O–H groups in total. The van der Waals surface area contributed by atoms with Crippen LogP contribution in [0.5, 0.6) is 0 Å². The standard InChI is InChI=1S/C21H19FN4O2S/c1-13(27)14-5-4-6-15(11-14)23-19(28)12-29-21-25-24-20(26(21)16-9-10-16)17-7-2-3-8-18(17)22/h2-8,11,16H,9-10,12H2,1H3,(H,23,28). The highest BCUT2D eigenvalue weighted by molar-refractivity contribution is 7.99. The van der Waals surface area contributed by atoms with Crippen LogP contribution < -0.4 is 5.32 Å². The third-order valence-electron chi connectivity index (χ3n) is 4.58. The summed E-state index contributed by atoms with van der Waals surface area (Å²) in [5.74, 6) is -0.00169. The highest BCUT2D eigenvalue weighted by atomic mass is 32.2. The second-order valence-electron chi connectivity index (χ2n) is 6.86. The fraction of sp³-hybridized carbons (Fsp3) is 0.238. The number of carbonyl (C=O) groups is 2. The summed E-state index contributed by atoms with van der Waals surface area (Å²) in [5.41, 5.74) is 1.52. The van der Waals surface area contributed by atoms with Crippen molar-refractivity contribution in [3.63, 3.8) is 0 Å². The summed E-state index contributed by atoms with van der Waals surface area (Å²) >= 11 is 1.26. The number of aromatic nitrogens is 3. The zero-order valence-corrected chi connectivity index (χ0v) is 16.6. The topological polar surface area (TPSA) is 76.9 Å². The Bertz CT molecular complexity index is 1080. The first-order valence-corrected chi connectivity index (χ1v) is 10.2. The van der Waals surface area contributed by atoms with Crippen molar-refractivity contribution in [3.8, 4) is 11.4 Å². The van der Waals surface area contributed by atoms with Crippen molar-refractivity contribution >= 4 is 29.1 Å². The van der Waals surface area contributed by atoms with Gasteiger partial charge in [-0.05, 0) is 44.0 Å². The molecule has 0 aliphatic heterocycles. The molecule has 0 bridgehead atoms. The van der Waals surface area contributed by atoms with E-state index in [2.05, 4.69) is 15.5 Å². The van der Waals surface area contributed by atoms with Gasteiger partial charge in [0.05, 0.1) is 11.3 Å². The van der Waals surface area contributed by atoms with Gasteiger partial charge < -0.3 is 5.32 Å². The van der Waals surface area contributed by atoms with Crippen molar-refractivity contribution in [2.45, 2.75) is 31.0 Å². The highest BCUT2D eigenvalue weighted by Gasteiger charge is 2.31. The van der Waals surface area contributed by atoms with E-state index in [0.717, 1.165) is 12.8 Å². The first-order valence-electron chi connectivity index (χ1n) is 9.26. The first-order chi connectivity index (χ1) is 14.0. The van der Waals surface area contributed by atoms with Gasteiger partial charge in [0.2, 0.25) is 5.91 Å². The number of anilines is 1. The number of rotatable bonds is 7. The van der Waals surface area contributed by atoms with Crippen LogP contribution in [0.2, 0.25) is 0 Å². The van der Waals surface area contributed by atoms with Gasteiger partial charge in [0.15, 0.2) is 16.8 Å². The Morgan fingerprint density at radius 3 is 2.69 bits per heavy atom. The van der Waals surface area contributed by atoms with E-state index in [-0.39, 0.29) is 29.3 Å². The molecule has 1 saturated carbocycles. The van der Waals surface area contributed by atoms with Gasteiger partial charge >= 0.3 is 0 Å². The van der Waals surface area contributed by atoms with Crippen LogP contribution in [0.3, 0.4) is 0 Å². The molecule has 1 fully saturated rings. The van der Waals surface area contributed by atoms with Crippen LogP contribution in [0.25, 0.3) is 11.4 Å². The molecule has 0 unspecified atom stereocenters. The Morgan fingerprint density at radius 1 is 1.17 bits per heavy atom. The summed E-state index contributed by atoms with van der Waals surface area (Å²) in [6, 6.07) is 13.5. The van der Waals surface area contributed by atoms with Crippen LogP contribution in [0.15, 0.2) is 53.7 Å². The number of carbonyl (C=O) groups excluding carboxylic acids is 2. The number of nitrogens with zero attached hydrogens (tertiary/aromatic N) is 3. The van der Waals surface area contributed by atoms with Crippen LogP contribution in [-0.2, 0) is 4.79 Å². The molecule has 8 heteroatoms. The molecule has 6 nitrogen and oxygen atoms in total. The largest absolute Gasteiger partial charge is 0.325 e. The Kier molecular flexibility index (Phi) is 5.44. The molecule has 1 aromatic heterocycles. The van der Waals surface area contributed by atoms with Gasteiger partial charge in [0, 0.05) is 17.3 Å². The van der Waals surface area contributed by atoms with Gasteiger partial charge in [-0.25, -0.2) is 4.39 Å². The normalized spacial score (nSPS) is 13.3. The second-order valence-corrected chi connectivity index (χ2v) is 7.80. The van der Waals surface area contributed by atoms with Crippen LogP contribution in [0, 0.1) is 5.82 Å². The van der Waals surface area contributed by atoms with Crippen molar-refractivity contribution in [3.05, 3.63) is 59.9 Å². The van der Waals surface area contributed by atoms with Gasteiger partial charge in [-0.1, -0.05) is 36.0 Å². The van der Waals surface area contributed by atoms with E-state index in [1.807, 2.05) is 4.57 Å². The highest BCUT2D eigenvalue weighted by Crippen LogP contribution is 2.41. The van der Waals surface area contributed by atoms with Crippen molar-refractivity contribution in [2.75, 3.05) is 11.1 Å². The molecule has 0 radical (unpaired) electrons. The molecule has 0 spiro atoms. The maximum Gasteiger partial charge on any atom is 0.234 e. The summed E-state index contributed by atoms with van der Waals surface area (Å²) in [7, 11) is 0. The van der Waals surface area contributed by atoms with Crippen LogP contribution in [-0.4, -0.2) is 32.2 Å². The average molecular weight is 410 g/mol. The van der Waals surface area contributed by atoms with Gasteiger partial charge in [-0.15, -0.1) is 10.2 Å². The third kappa shape index (κ3) is 4.37. The van der Waals surface area contributed by atoms with E-state index in [1.54, 1.807) is 42.5 Å². The van der Waals surface area contributed by atoms with Crippen molar-refractivity contribution < 1.29 is 14.0 Å². The number of Topliss-reactive ketones (excluding diaryl/α,β-unsaturated/α-hetero) is 1. The summed E-state index contributed by atoms with van der Waals surface area (Å²) in [6.45, 7) is 1.48. The zero-order chi connectivity index (χ0) is 20.4. The van der Waals surface area contributed by atoms with Crippen molar-refractivity contribution in [1.29, 1.82) is 0 Å². The van der Waals surface area contributed by atoms with Crippen LogP contribution >= 0.6 is 11.8 Å². The molecule has 148 valence electrons. The maximum absolute atomic E-state index is 14.2. The Balaban J connectivity index is 1.48. The minimum atomic E-state index is -0.346. The first kappa shape index (κ1) is 19.3. The molecule has 1 aliphatic carbocycles. The van der Waals surface area contributed by atoms with Crippen molar-refractivity contribution in [2.24, 2.45) is 0 Å².